The molecule has 0 unspecified atom stereocenters. The molecule has 0 amide bonds. The number of rotatable bonds is 4. The highest BCUT2D eigenvalue weighted by molar-refractivity contribution is 7.07. The van der Waals surface area contributed by atoms with Gasteiger partial charge < -0.3 is 9.73 Å². The van der Waals surface area contributed by atoms with Crippen LogP contribution < -0.4 is 5.32 Å². The maximum atomic E-state index is 5.32. The molecule has 0 saturated carbocycles. The monoisotopic (exact) mass is 207 g/mol. The van der Waals surface area contributed by atoms with Gasteiger partial charge in [0.1, 0.15) is 5.76 Å². The Hall–Kier alpha value is -1.06. The molecule has 0 saturated heterocycles. The van der Waals surface area contributed by atoms with Gasteiger partial charge in [-0.2, -0.15) is 11.3 Å². The van der Waals surface area contributed by atoms with Gasteiger partial charge >= 0.3 is 0 Å². The van der Waals surface area contributed by atoms with E-state index in [1.807, 2.05) is 6.07 Å². The number of hydrogen-bond acceptors (Lipinski definition) is 3. The first-order valence-electron chi connectivity index (χ1n) is 4.61. The van der Waals surface area contributed by atoms with Gasteiger partial charge in [-0.1, -0.05) is 0 Å². The topological polar surface area (TPSA) is 25.2 Å². The van der Waals surface area contributed by atoms with E-state index in [9.17, 15) is 0 Å². The van der Waals surface area contributed by atoms with Gasteiger partial charge in [0.25, 0.3) is 0 Å². The fourth-order valence-corrected chi connectivity index (χ4v) is 1.97. The second-order valence-corrected chi connectivity index (χ2v) is 4.04. The number of aryl methyl sites for hydroxylation is 1. The van der Waals surface area contributed by atoms with Gasteiger partial charge in [-0.15, -0.1) is 0 Å². The summed E-state index contributed by atoms with van der Waals surface area (Å²) in [6.45, 7) is 3.77. The summed E-state index contributed by atoms with van der Waals surface area (Å²) in [6, 6.07) is 4.12. The Labute approximate surface area is 87.6 Å². The molecule has 0 aromatic carbocycles. The van der Waals surface area contributed by atoms with Crippen molar-refractivity contribution in [2.45, 2.75) is 20.0 Å². The third kappa shape index (κ3) is 2.25. The van der Waals surface area contributed by atoms with Gasteiger partial charge in [0.05, 0.1) is 12.8 Å². The van der Waals surface area contributed by atoms with Crippen molar-refractivity contribution in [3.05, 3.63) is 46.0 Å². The zero-order valence-corrected chi connectivity index (χ0v) is 8.93. The van der Waals surface area contributed by atoms with Crippen LogP contribution in [0.2, 0.25) is 0 Å². The van der Waals surface area contributed by atoms with Crippen molar-refractivity contribution in [3.8, 4) is 0 Å². The van der Waals surface area contributed by atoms with Crippen molar-refractivity contribution < 1.29 is 4.42 Å². The van der Waals surface area contributed by atoms with Crippen LogP contribution in [0.15, 0.2) is 33.6 Å². The van der Waals surface area contributed by atoms with Crippen molar-refractivity contribution in [2.75, 3.05) is 0 Å². The molecule has 0 aliphatic heterocycles. The van der Waals surface area contributed by atoms with Crippen LogP contribution in [0, 0.1) is 6.92 Å². The minimum atomic E-state index is 0.800. The Morgan fingerprint density at radius 2 is 2.29 bits per heavy atom. The van der Waals surface area contributed by atoms with E-state index in [2.05, 4.69) is 29.1 Å². The predicted molar refractivity (Wildman–Crippen MR) is 58.3 cm³/mol. The molecule has 74 valence electrons. The quantitative estimate of drug-likeness (QED) is 0.834. The van der Waals surface area contributed by atoms with E-state index in [0.717, 1.165) is 18.8 Å². The maximum Gasteiger partial charge on any atom is 0.120 e. The summed E-state index contributed by atoms with van der Waals surface area (Å²) < 4.78 is 5.32. The van der Waals surface area contributed by atoms with E-state index >= 15 is 0 Å². The first-order valence-corrected chi connectivity index (χ1v) is 5.55. The lowest BCUT2D eigenvalue weighted by Gasteiger charge is -2.01. The molecule has 0 bridgehead atoms. The summed E-state index contributed by atoms with van der Waals surface area (Å²) in [5, 5.41) is 7.59. The average molecular weight is 207 g/mol. The van der Waals surface area contributed by atoms with Crippen molar-refractivity contribution in [2.24, 2.45) is 0 Å². The largest absolute Gasteiger partial charge is 0.468 e. The fraction of sp³-hybridized carbons (Fsp3) is 0.273. The van der Waals surface area contributed by atoms with Crippen LogP contribution in [0.4, 0.5) is 0 Å². The highest BCUT2D eigenvalue weighted by atomic mass is 32.1. The van der Waals surface area contributed by atoms with Gasteiger partial charge in [0.15, 0.2) is 0 Å². The SMILES string of the molecule is Cc1ccoc1CNCc1ccsc1. The Morgan fingerprint density at radius 1 is 1.36 bits per heavy atom. The smallest absolute Gasteiger partial charge is 0.120 e. The molecule has 0 aliphatic carbocycles. The molecule has 0 spiro atoms. The van der Waals surface area contributed by atoms with Crippen LogP contribution in [0.25, 0.3) is 0 Å². The molecule has 0 atom stereocenters. The summed E-state index contributed by atoms with van der Waals surface area (Å²) >= 11 is 1.73. The Balaban J connectivity index is 1.81. The third-order valence-electron chi connectivity index (χ3n) is 2.16. The van der Waals surface area contributed by atoms with Gasteiger partial charge in [-0.25, -0.2) is 0 Å². The Bertz CT molecular complexity index is 378. The van der Waals surface area contributed by atoms with Crippen LogP contribution >= 0.6 is 11.3 Å². The van der Waals surface area contributed by atoms with Crippen LogP contribution in [0.5, 0.6) is 0 Å². The molecular formula is C11H13NOS. The molecule has 0 aliphatic rings. The summed E-state index contributed by atoms with van der Waals surface area (Å²) in [4.78, 5) is 0. The standard InChI is InChI=1S/C11H13NOS/c1-9-2-4-13-11(9)7-12-6-10-3-5-14-8-10/h2-5,8,12H,6-7H2,1H3. The zero-order chi connectivity index (χ0) is 9.80. The maximum absolute atomic E-state index is 5.32. The molecule has 2 nitrogen and oxygen atoms in total. The van der Waals surface area contributed by atoms with Crippen molar-refractivity contribution in [3.63, 3.8) is 0 Å². The van der Waals surface area contributed by atoms with Gasteiger partial charge in [0.2, 0.25) is 0 Å². The lowest BCUT2D eigenvalue weighted by atomic mass is 10.3. The Kier molecular flexibility index (Phi) is 3.01. The zero-order valence-electron chi connectivity index (χ0n) is 8.12. The van der Waals surface area contributed by atoms with E-state index < -0.39 is 0 Å². The van der Waals surface area contributed by atoms with Crippen LogP contribution in [-0.4, -0.2) is 0 Å². The molecule has 2 rings (SSSR count). The highest BCUT2D eigenvalue weighted by Gasteiger charge is 2.00. The summed E-state index contributed by atoms with van der Waals surface area (Å²) in [6.07, 6.45) is 1.73. The molecule has 1 N–H and O–H groups in total. The average Bonchev–Trinajstić information content (AvgIpc) is 2.78. The molecule has 0 fully saturated rings. The van der Waals surface area contributed by atoms with Crippen LogP contribution in [0.3, 0.4) is 0 Å². The molecule has 14 heavy (non-hydrogen) atoms. The first kappa shape index (κ1) is 9.49. The van der Waals surface area contributed by atoms with Crippen molar-refractivity contribution in [1.29, 1.82) is 0 Å². The van der Waals surface area contributed by atoms with Gasteiger partial charge in [-0.3, -0.25) is 0 Å². The fourth-order valence-electron chi connectivity index (χ4n) is 1.30. The molecule has 2 aromatic rings. The molecule has 2 heterocycles. The lowest BCUT2D eigenvalue weighted by Crippen LogP contribution is -2.12. The predicted octanol–water partition coefficient (Wildman–Crippen LogP) is 2.94. The number of thiophene rings is 1. The second kappa shape index (κ2) is 4.44. The second-order valence-electron chi connectivity index (χ2n) is 3.26. The van der Waals surface area contributed by atoms with Gasteiger partial charge in [0, 0.05) is 6.54 Å². The number of furan rings is 1. The number of nitrogens with one attached hydrogen (secondary N) is 1. The summed E-state index contributed by atoms with van der Waals surface area (Å²) in [5.74, 6) is 1.03. The van der Waals surface area contributed by atoms with E-state index in [1.165, 1.54) is 11.1 Å². The van der Waals surface area contributed by atoms with E-state index in [1.54, 1.807) is 17.6 Å². The van der Waals surface area contributed by atoms with E-state index in [0.29, 0.717) is 0 Å². The summed E-state index contributed by atoms with van der Waals surface area (Å²) in [5.41, 5.74) is 2.54. The third-order valence-corrected chi connectivity index (χ3v) is 2.90. The molecule has 0 radical (unpaired) electrons. The van der Waals surface area contributed by atoms with E-state index in [-0.39, 0.29) is 0 Å². The first-order chi connectivity index (χ1) is 6.86. The number of hydrogen-bond donors (Lipinski definition) is 1. The normalized spacial score (nSPS) is 10.6. The van der Waals surface area contributed by atoms with Crippen molar-refractivity contribution in [1.82, 2.24) is 5.32 Å². The van der Waals surface area contributed by atoms with Crippen molar-refractivity contribution >= 4 is 11.3 Å². The van der Waals surface area contributed by atoms with Crippen LogP contribution in [0.1, 0.15) is 16.9 Å². The molecule has 2 aromatic heterocycles. The highest BCUT2D eigenvalue weighted by Crippen LogP contribution is 2.09. The Morgan fingerprint density at radius 3 is 2.93 bits per heavy atom. The minimum Gasteiger partial charge on any atom is -0.468 e. The van der Waals surface area contributed by atoms with Crippen LogP contribution in [-0.2, 0) is 13.1 Å². The lowest BCUT2D eigenvalue weighted by molar-refractivity contribution is 0.480. The van der Waals surface area contributed by atoms with E-state index in [4.69, 9.17) is 4.42 Å². The molecular weight excluding hydrogens is 194 g/mol. The minimum absolute atomic E-state index is 0.800. The molecule has 3 heteroatoms. The summed E-state index contributed by atoms with van der Waals surface area (Å²) in [7, 11) is 0. The van der Waals surface area contributed by atoms with Gasteiger partial charge in [-0.05, 0) is 40.9 Å².